The SMILES string of the molecule is COCCOC.COCCOC.COCCOC.[Li+].[Li+].[Li+].[p-]1p2[p-]p3p1p3[p-]2. The van der Waals surface area contributed by atoms with Gasteiger partial charge in [-0.25, -0.2) is 0 Å². The Bertz CT molecular complexity index is 463. The Morgan fingerprint density at radius 3 is 0.679 bits per heavy atom. The molecule has 152 valence electrons. The standard InChI is InChI=1S/3C4H10O2.3Li.P7/c3*1-5-3-4-6-2;;;;1-4-2-6-5(1)7(6)3-4/h3*3-4H2,1-2H3;;;;/q;;;3*+1;-3. The topological polar surface area (TPSA) is 55.4 Å². The maximum absolute atomic E-state index is 4.66. The predicted octanol–water partition coefficient (Wildman–Crippen LogP) is -2.12. The first-order valence-corrected chi connectivity index (χ1v) is 21.9. The maximum Gasteiger partial charge on any atom is 1.00 e. The van der Waals surface area contributed by atoms with Crippen LogP contribution < -0.4 is 56.6 Å². The molecule has 0 N–H and O–H groups in total. The van der Waals surface area contributed by atoms with Crippen LogP contribution in [0.15, 0.2) is 0 Å². The minimum atomic E-state index is 0. The number of ether oxygens (including phenoxy) is 6. The minimum absolute atomic E-state index is 0. The van der Waals surface area contributed by atoms with E-state index in [4.69, 9.17) is 0 Å². The average Bonchev–Trinajstić information content (AvgIpc) is 3.10. The van der Waals surface area contributed by atoms with E-state index in [0.29, 0.717) is 46.0 Å². The molecular weight excluding hydrogens is 478 g/mol. The fourth-order valence-electron chi connectivity index (χ4n) is 1.09. The molecule has 6 nitrogen and oxygen atoms in total. The van der Waals surface area contributed by atoms with Crippen LogP contribution in [0, 0.1) is 0 Å². The Morgan fingerprint density at radius 2 is 0.607 bits per heavy atom. The number of methoxy groups -OCH3 is 6. The molecule has 0 radical (unpaired) electrons. The molecule has 4 aromatic rings. The van der Waals surface area contributed by atoms with Crippen molar-refractivity contribution in [1.29, 1.82) is 0 Å². The third kappa shape index (κ3) is 20.3. The summed E-state index contributed by atoms with van der Waals surface area (Å²) in [7, 11) is 15.9. The third-order valence-corrected chi connectivity index (χ3v) is 71.9. The summed E-state index contributed by atoms with van der Waals surface area (Å²) in [5.41, 5.74) is 0. The zero-order valence-corrected chi connectivity index (χ0v) is 25.1. The van der Waals surface area contributed by atoms with Crippen molar-refractivity contribution in [3.8, 4) is 0 Å². The van der Waals surface area contributed by atoms with Gasteiger partial charge in [-0.1, -0.05) is 0 Å². The van der Waals surface area contributed by atoms with Gasteiger partial charge < -0.3 is 76.5 Å². The van der Waals surface area contributed by atoms with E-state index in [-0.39, 0.29) is 56.6 Å². The Kier molecular flexibility index (Phi) is 39.8. The first-order valence-electron chi connectivity index (χ1n) is 7.48. The largest absolute Gasteiger partial charge is 1.00 e. The molecule has 0 unspecified atom stereocenters. The van der Waals surface area contributed by atoms with Gasteiger partial charge in [-0.05, 0) is 0 Å². The molecule has 4 bridgehead atoms. The molecule has 0 aliphatic heterocycles. The van der Waals surface area contributed by atoms with Crippen molar-refractivity contribution in [1.82, 2.24) is 0 Å². The van der Waals surface area contributed by atoms with Crippen molar-refractivity contribution < 1.29 is 85.0 Å². The van der Waals surface area contributed by atoms with Crippen LogP contribution >= 0.6 is 48.1 Å². The molecule has 0 atom stereocenters. The van der Waals surface area contributed by atoms with Gasteiger partial charge in [0, 0.05) is 42.7 Å². The molecule has 4 aromatic heterocycles. The molecule has 0 aliphatic rings. The van der Waals surface area contributed by atoms with Crippen molar-refractivity contribution in [2.75, 3.05) is 82.3 Å². The Hall–Kier alpha value is 3.65. The number of hydrogen-bond donors (Lipinski definition) is 0. The van der Waals surface area contributed by atoms with Gasteiger partial charge in [0.1, 0.15) is 0 Å². The molecule has 0 saturated carbocycles. The van der Waals surface area contributed by atoms with Gasteiger partial charge in [-0.3, -0.25) is 0 Å². The summed E-state index contributed by atoms with van der Waals surface area (Å²) < 4.78 is 27.9. The van der Waals surface area contributed by atoms with Crippen molar-refractivity contribution in [2.24, 2.45) is 0 Å². The first-order chi connectivity index (χ1) is 12.2. The van der Waals surface area contributed by atoms with Gasteiger partial charge in [0.05, 0.1) is 39.6 Å². The summed E-state index contributed by atoms with van der Waals surface area (Å²) in [5.74, 6) is 0. The fraction of sp³-hybridized carbons (Fsp3) is 1.00. The van der Waals surface area contributed by atoms with Crippen LogP contribution in [-0.4, -0.2) is 82.3 Å². The molecule has 0 spiro atoms. The molecular formula is C12H30Li3O6P7. The second kappa shape index (κ2) is 28.7. The Balaban J connectivity index is -0.000000133. The van der Waals surface area contributed by atoms with Gasteiger partial charge in [0.2, 0.25) is 0 Å². The molecule has 0 amide bonds. The van der Waals surface area contributed by atoms with Crippen LogP contribution in [0.2, 0.25) is 0 Å². The van der Waals surface area contributed by atoms with E-state index in [1.54, 1.807) is 42.7 Å². The quantitative estimate of drug-likeness (QED) is 0.244. The summed E-state index contributed by atoms with van der Waals surface area (Å²) >= 11 is 0. The van der Waals surface area contributed by atoms with Crippen LogP contribution in [0.5, 0.6) is 0 Å². The predicted molar refractivity (Wildman–Crippen MR) is 120 cm³/mol. The second-order valence-corrected chi connectivity index (χ2v) is 39.2. The average molecular weight is 508 g/mol. The van der Waals surface area contributed by atoms with E-state index < -0.39 is 0 Å². The smallest absolute Gasteiger partial charge is 0.457 e. The Morgan fingerprint density at radius 1 is 0.429 bits per heavy atom. The molecule has 0 saturated heterocycles. The molecule has 28 heavy (non-hydrogen) atoms. The van der Waals surface area contributed by atoms with E-state index in [1.165, 1.54) is 0 Å². The zero-order valence-electron chi connectivity index (χ0n) is 18.8. The van der Waals surface area contributed by atoms with Crippen LogP contribution in [0.1, 0.15) is 0 Å². The second-order valence-electron chi connectivity index (χ2n) is 4.30. The molecule has 0 aliphatic carbocycles. The summed E-state index contributed by atoms with van der Waals surface area (Å²) in [6, 6.07) is 0. The van der Waals surface area contributed by atoms with Crippen LogP contribution in [0.25, 0.3) is 0 Å². The summed E-state index contributed by atoms with van der Waals surface area (Å²) in [6.07, 6.45) is 3.13. The molecule has 16 heteroatoms. The number of rotatable bonds is 9. The molecule has 4 rings (SSSR count). The first kappa shape index (κ1) is 38.9. The number of hydrogen-bond acceptors (Lipinski definition) is 6. The van der Waals surface area contributed by atoms with Crippen LogP contribution in [0.3, 0.4) is 0 Å². The van der Waals surface area contributed by atoms with E-state index in [2.05, 4.69) is 28.4 Å². The maximum atomic E-state index is 4.66. The van der Waals surface area contributed by atoms with E-state index >= 15 is 0 Å². The van der Waals surface area contributed by atoms with Gasteiger partial charge in [-0.2, -0.15) is 0 Å². The van der Waals surface area contributed by atoms with Crippen LogP contribution in [-0.2, 0) is 28.4 Å². The van der Waals surface area contributed by atoms with E-state index in [1.807, 2.05) is 22.6 Å². The van der Waals surface area contributed by atoms with Gasteiger partial charge in [-0.15, -0.1) is 0 Å². The Labute approximate surface area is 213 Å². The van der Waals surface area contributed by atoms with E-state index in [0.717, 1.165) is 19.1 Å². The normalized spacial score (nSPS) is 12.6. The van der Waals surface area contributed by atoms with Crippen molar-refractivity contribution >= 4 is 48.1 Å². The van der Waals surface area contributed by atoms with Crippen molar-refractivity contribution in [3.05, 3.63) is 0 Å². The van der Waals surface area contributed by atoms with Gasteiger partial charge in [0.25, 0.3) is 0 Å². The van der Waals surface area contributed by atoms with Gasteiger partial charge >= 0.3 is 56.6 Å². The van der Waals surface area contributed by atoms with Crippen molar-refractivity contribution in [2.45, 2.75) is 0 Å². The van der Waals surface area contributed by atoms with Crippen LogP contribution in [0.4, 0.5) is 0 Å². The zero-order chi connectivity index (χ0) is 18.9. The third-order valence-electron chi connectivity index (χ3n) is 2.40. The van der Waals surface area contributed by atoms with Gasteiger partial charge in [0.15, 0.2) is 0 Å². The van der Waals surface area contributed by atoms with E-state index in [9.17, 15) is 0 Å². The molecule has 0 aromatic carbocycles. The monoisotopic (exact) mass is 508 g/mol. The molecule has 0 fully saturated rings. The molecule has 4 heterocycles. The summed E-state index contributed by atoms with van der Waals surface area (Å²) in [4.78, 5) is 0. The summed E-state index contributed by atoms with van der Waals surface area (Å²) in [6.45, 7) is 4.15. The fourth-order valence-corrected chi connectivity index (χ4v) is 144. The van der Waals surface area contributed by atoms with Crippen molar-refractivity contribution in [3.63, 3.8) is 0 Å². The summed E-state index contributed by atoms with van der Waals surface area (Å²) in [5, 5.41) is 0. The minimum Gasteiger partial charge on any atom is -0.457 e.